The Morgan fingerprint density at radius 3 is 2.44 bits per heavy atom. The maximum Gasteiger partial charge on any atom is 0.0100 e. The summed E-state index contributed by atoms with van der Waals surface area (Å²) in [5, 5.41) is 3.89. The van der Waals surface area contributed by atoms with Gasteiger partial charge in [-0.15, -0.1) is 0 Å². The van der Waals surface area contributed by atoms with E-state index in [1.165, 1.54) is 44.9 Å². The van der Waals surface area contributed by atoms with Crippen LogP contribution in [0.4, 0.5) is 0 Å². The molecule has 0 aromatic carbocycles. The van der Waals surface area contributed by atoms with Crippen LogP contribution in [0, 0.1) is 11.8 Å². The van der Waals surface area contributed by atoms with E-state index in [0.29, 0.717) is 6.04 Å². The molecule has 1 nitrogen and oxygen atoms in total. The standard InChI is InChI=1S/C15H31N/c1-5-6-9-13(4)16-15-11-8-7-10-14(15)12(2)3/h12-16H,5-11H2,1-4H3. The average Bonchev–Trinajstić information content (AvgIpc) is 2.27. The molecule has 1 heteroatoms. The molecule has 3 unspecified atom stereocenters. The molecule has 0 aromatic heterocycles. The quantitative estimate of drug-likeness (QED) is 0.708. The van der Waals surface area contributed by atoms with Crippen molar-refractivity contribution in [3.05, 3.63) is 0 Å². The zero-order valence-corrected chi connectivity index (χ0v) is 11.8. The smallest absolute Gasteiger partial charge is 0.0100 e. The molecule has 16 heavy (non-hydrogen) atoms. The van der Waals surface area contributed by atoms with Gasteiger partial charge >= 0.3 is 0 Å². The Morgan fingerprint density at radius 1 is 1.12 bits per heavy atom. The van der Waals surface area contributed by atoms with Crippen molar-refractivity contribution in [2.75, 3.05) is 0 Å². The van der Waals surface area contributed by atoms with E-state index in [1.807, 2.05) is 0 Å². The molecule has 0 aliphatic heterocycles. The molecule has 1 aliphatic carbocycles. The third-order valence-electron chi connectivity index (χ3n) is 4.17. The van der Waals surface area contributed by atoms with Gasteiger partial charge in [0.1, 0.15) is 0 Å². The summed E-state index contributed by atoms with van der Waals surface area (Å²) in [5.74, 6) is 1.76. The summed E-state index contributed by atoms with van der Waals surface area (Å²) in [6.07, 6.45) is 9.76. The van der Waals surface area contributed by atoms with Crippen LogP contribution in [0.1, 0.15) is 72.6 Å². The first-order valence-corrected chi connectivity index (χ1v) is 7.41. The number of unbranched alkanes of at least 4 members (excludes halogenated alkanes) is 1. The van der Waals surface area contributed by atoms with Crippen LogP contribution < -0.4 is 5.32 Å². The Hall–Kier alpha value is -0.0400. The van der Waals surface area contributed by atoms with Gasteiger partial charge in [-0.25, -0.2) is 0 Å². The summed E-state index contributed by atoms with van der Waals surface area (Å²) >= 11 is 0. The molecule has 0 radical (unpaired) electrons. The second kappa shape index (κ2) is 7.32. The van der Waals surface area contributed by atoms with E-state index in [-0.39, 0.29) is 0 Å². The van der Waals surface area contributed by atoms with Crippen LogP contribution in [0.15, 0.2) is 0 Å². The van der Waals surface area contributed by atoms with Crippen molar-refractivity contribution >= 4 is 0 Å². The number of hydrogen-bond donors (Lipinski definition) is 1. The van der Waals surface area contributed by atoms with Gasteiger partial charge in [0.15, 0.2) is 0 Å². The topological polar surface area (TPSA) is 12.0 Å². The number of hydrogen-bond acceptors (Lipinski definition) is 1. The van der Waals surface area contributed by atoms with Gasteiger partial charge in [0.2, 0.25) is 0 Å². The molecule has 1 saturated carbocycles. The number of nitrogens with one attached hydrogen (secondary N) is 1. The van der Waals surface area contributed by atoms with E-state index in [0.717, 1.165) is 17.9 Å². The minimum atomic E-state index is 0.712. The Kier molecular flexibility index (Phi) is 6.41. The first kappa shape index (κ1) is 14.0. The first-order chi connectivity index (χ1) is 7.65. The molecule has 0 amide bonds. The number of rotatable bonds is 6. The molecule has 1 aliphatic rings. The minimum absolute atomic E-state index is 0.712. The van der Waals surface area contributed by atoms with Crippen molar-refractivity contribution in [1.82, 2.24) is 5.32 Å². The largest absolute Gasteiger partial charge is 0.311 e. The highest BCUT2D eigenvalue weighted by Gasteiger charge is 2.27. The second-order valence-electron chi connectivity index (χ2n) is 6.01. The van der Waals surface area contributed by atoms with E-state index >= 15 is 0 Å². The fraction of sp³-hybridized carbons (Fsp3) is 1.00. The van der Waals surface area contributed by atoms with Crippen molar-refractivity contribution in [3.63, 3.8) is 0 Å². The highest BCUT2D eigenvalue weighted by atomic mass is 15.0. The summed E-state index contributed by atoms with van der Waals surface area (Å²) in [6, 6.07) is 1.50. The highest BCUT2D eigenvalue weighted by Crippen LogP contribution is 2.30. The first-order valence-electron chi connectivity index (χ1n) is 7.41. The van der Waals surface area contributed by atoms with Crippen molar-refractivity contribution in [1.29, 1.82) is 0 Å². The molecule has 0 bridgehead atoms. The second-order valence-corrected chi connectivity index (χ2v) is 6.01. The molecule has 0 heterocycles. The zero-order valence-electron chi connectivity index (χ0n) is 11.8. The third-order valence-corrected chi connectivity index (χ3v) is 4.17. The van der Waals surface area contributed by atoms with E-state index in [4.69, 9.17) is 0 Å². The van der Waals surface area contributed by atoms with E-state index in [9.17, 15) is 0 Å². The zero-order chi connectivity index (χ0) is 12.0. The predicted molar refractivity (Wildman–Crippen MR) is 72.7 cm³/mol. The summed E-state index contributed by atoms with van der Waals surface area (Å²) in [6.45, 7) is 9.43. The van der Waals surface area contributed by atoms with Gasteiger partial charge in [-0.1, -0.05) is 46.5 Å². The van der Waals surface area contributed by atoms with Crippen molar-refractivity contribution in [2.24, 2.45) is 11.8 Å². The van der Waals surface area contributed by atoms with Crippen LogP contribution >= 0.6 is 0 Å². The van der Waals surface area contributed by atoms with E-state index in [2.05, 4.69) is 33.0 Å². The van der Waals surface area contributed by atoms with Crippen LogP contribution in [0.25, 0.3) is 0 Å². The lowest BCUT2D eigenvalue weighted by Gasteiger charge is -2.37. The molecule has 96 valence electrons. The van der Waals surface area contributed by atoms with E-state index in [1.54, 1.807) is 0 Å². The molecule has 0 saturated heterocycles. The van der Waals surface area contributed by atoms with Gasteiger partial charge in [0.05, 0.1) is 0 Å². The molecular weight excluding hydrogens is 194 g/mol. The lowest BCUT2D eigenvalue weighted by molar-refractivity contribution is 0.192. The average molecular weight is 225 g/mol. The van der Waals surface area contributed by atoms with Crippen LogP contribution in [0.5, 0.6) is 0 Å². The normalized spacial score (nSPS) is 28.3. The van der Waals surface area contributed by atoms with Gasteiger partial charge in [0.25, 0.3) is 0 Å². The minimum Gasteiger partial charge on any atom is -0.311 e. The van der Waals surface area contributed by atoms with E-state index < -0.39 is 0 Å². The van der Waals surface area contributed by atoms with Crippen molar-refractivity contribution in [2.45, 2.75) is 84.7 Å². The van der Waals surface area contributed by atoms with Crippen molar-refractivity contribution < 1.29 is 0 Å². The Morgan fingerprint density at radius 2 is 1.81 bits per heavy atom. The lowest BCUT2D eigenvalue weighted by Crippen LogP contribution is -2.44. The van der Waals surface area contributed by atoms with Crippen LogP contribution in [0.3, 0.4) is 0 Å². The van der Waals surface area contributed by atoms with Gasteiger partial charge < -0.3 is 5.32 Å². The fourth-order valence-electron chi connectivity index (χ4n) is 3.12. The Bertz CT molecular complexity index is 176. The third kappa shape index (κ3) is 4.45. The van der Waals surface area contributed by atoms with Crippen molar-refractivity contribution in [3.8, 4) is 0 Å². The summed E-state index contributed by atoms with van der Waals surface area (Å²) in [4.78, 5) is 0. The van der Waals surface area contributed by atoms with Gasteiger partial charge in [0, 0.05) is 12.1 Å². The molecule has 1 N–H and O–H groups in total. The maximum absolute atomic E-state index is 3.89. The summed E-state index contributed by atoms with van der Waals surface area (Å²) in [7, 11) is 0. The van der Waals surface area contributed by atoms with Crippen LogP contribution in [0.2, 0.25) is 0 Å². The fourth-order valence-corrected chi connectivity index (χ4v) is 3.12. The highest BCUT2D eigenvalue weighted by molar-refractivity contribution is 4.84. The molecule has 0 spiro atoms. The lowest BCUT2D eigenvalue weighted by atomic mass is 9.77. The van der Waals surface area contributed by atoms with Gasteiger partial charge in [-0.2, -0.15) is 0 Å². The van der Waals surface area contributed by atoms with Crippen LogP contribution in [-0.2, 0) is 0 Å². The SMILES string of the molecule is CCCCC(C)NC1CCCCC1C(C)C. The molecule has 3 atom stereocenters. The van der Waals surface area contributed by atoms with Gasteiger partial charge in [-0.3, -0.25) is 0 Å². The summed E-state index contributed by atoms with van der Waals surface area (Å²) < 4.78 is 0. The monoisotopic (exact) mass is 225 g/mol. The maximum atomic E-state index is 3.89. The Labute approximate surface area is 102 Å². The Balaban J connectivity index is 2.36. The van der Waals surface area contributed by atoms with Crippen LogP contribution in [-0.4, -0.2) is 12.1 Å². The molecule has 0 aromatic rings. The molecule has 1 fully saturated rings. The van der Waals surface area contributed by atoms with Gasteiger partial charge in [-0.05, 0) is 38.0 Å². The molecule has 1 rings (SSSR count). The molecular formula is C15H31N. The predicted octanol–water partition coefficient (Wildman–Crippen LogP) is 4.37. The summed E-state index contributed by atoms with van der Waals surface area (Å²) in [5.41, 5.74) is 0.